The van der Waals surface area contributed by atoms with E-state index in [1.165, 1.54) is 0 Å². The lowest BCUT2D eigenvalue weighted by Crippen LogP contribution is -2.45. The summed E-state index contributed by atoms with van der Waals surface area (Å²) in [6, 6.07) is 8.73. The fourth-order valence-electron chi connectivity index (χ4n) is 2.81. The van der Waals surface area contributed by atoms with Gasteiger partial charge < -0.3 is 5.73 Å². The number of hydrogen-bond donors (Lipinski definition) is 1. The first-order chi connectivity index (χ1) is 8.62. The number of sulfone groups is 1. The highest BCUT2D eigenvalue weighted by atomic mass is 32.2. The summed E-state index contributed by atoms with van der Waals surface area (Å²) in [6.45, 7) is 0.226. The molecule has 100 valence electrons. The molecule has 1 aromatic carbocycles. The zero-order valence-electron chi connectivity index (χ0n) is 10.6. The number of rotatable bonds is 3. The maximum Gasteiger partial charge on any atom is 0.185 e. The van der Waals surface area contributed by atoms with Crippen LogP contribution in [0.3, 0.4) is 0 Å². The Morgan fingerprint density at radius 3 is 2.06 bits per heavy atom. The standard InChI is InChI=1S/C14H21NO2S/c15-12-14(10-6-1-2-7-11-14)18(16,17)13-8-4-3-5-9-13/h3-5,8-9H,1-2,6-7,10-12,15H2. The summed E-state index contributed by atoms with van der Waals surface area (Å²) in [7, 11) is -3.32. The van der Waals surface area contributed by atoms with Crippen LogP contribution < -0.4 is 5.73 Å². The molecule has 1 saturated carbocycles. The van der Waals surface area contributed by atoms with E-state index < -0.39 is 14.6 Å². The predicted molar refractivity (Wildman–Crippen MR) is 73.1 cm³/mol. The third kappa shape index (κ3) is 2.31. The molecular weight excluding hydrogens is 246 g/mol. The minimum absolute atomic E-state index is 0.226. The summed E-state index contributed by atoms with van der Waals surface area (Å²) >= 11 is 0. The van der Waals surface area contributed by atoms with Gasteiger partial charge in [-0.15, -0.1) is 0 Å². The molecule has 2 rings (SSSR count). The molecule has 4 heteroatoms. The quantitative estimate of drug-likeness (QED) is 0.856. The molecule has 0 radical (unpaired) electrons. The molecule has 0 saturated heterocycles. The van der Waals surface area contributed by atoms with Crippen molar-refractivity contribution in [3.63, 3.8) is 0 Å². The molecule has 0 amide bonds. The van der Waals surface area contributed by atoms with E-state index >= 15 is 0 Å². The van der Waals surface area contributed by atoms with Gasteiger partial charge in [0.25, 0.3) is 0 Å². The average Bonchev–Trinajstić information content (AvgIpc) is 2.66. The second-order valence-electron chi connectivity index (χ2n) is 5.12. The van der Waals surface area contributed by atoms with Crippen molar-refractivity contribution in [1.82, 2.24) is 0 Å². The Morgan fingerprint density at radius 2 is 1.56 bits per heavy atom. The van der Waals surface area contributed by atoms with E-state index in [9.17, 15) is 8.42 Å². The Kier molecular flexibility index (Phi) is 4.07. The summed E-state index contributed by atoms with van der Waals surface area (Å²) in [5, 5.41) is 0. The van der Waals surface area contributed by atoms with Crippen molar-refractivity contribution in [2.75, 3.05) is 6.54 Å². The van der Waals surface area contributed by atoms with Gasteiger partial charge in [-0.2, -0.15) is 0 Å². The van der Waals surface area contributed by atoms with Crippen LogP contribution in [-0.2, 0) is 9.84 Å². The molecule has 3 nitrogen and oxygen atoms in total. The minimum Gasteiger partial charge on any atom is -0.329 e. The molecule has 1 aliphatic rings. The summed E-state index contributed by atoms with van der Waals surface area (Å²) < 4.78 is 24.9. The van der Waals surface area contributed by atoms with E-state index in [2.05, 4.69) is 0 Å². The normalized spacial score (nSPS) is 20.3. The third-order valence-corrected chi connectivity index (χ3v) is 6.62. The van der Waals surface area contributed by atoms with E-state index in [0.717, 1.165) is 25.7 Å². The van der Waals surface area contributed by atoms with E-state index in [0.29, 0.717) is 17.7 Å². The van der Waals surface area contributed by atoms with E-state index in [1.54, 1.807) is 24.3 Å². The van der Waals surface area contributed by atoms with Gasteiger partial charge in [-0.05, 0) is 25.0 Å². The lowest BCUT2D eigenvalue weighted by Gasteiger charge is -2.31. The van der Waals surface area contributed by atoms with Crippen molar-refractivity contribution < 1.29 is 8.42 Å². The Morgan fingerprint density at radius 1 is 1.00 bits per heavy atom. The highest BCUT2D eigenvalue weighted by Crippen LogP contribution is 2.37. The van der Waals surface area contributed by atoms with Crippen LogP contribution in [0, 0.1) is 0 Å². The maximum absolute atomic E-state index is 12.8. The van der Waals surface area contributed by atoms with Gasteiger partial charge in [0.05, 0.1) is 9.64 Å². The van der Waals surface area contributed by atoms with Gasteiger partial charge in [0.1, 0.15) is 0 Å². The third-order valence-electron chi connectivity index (χ3n) is 4.01. The van der Waals surface area contributed by atoms with Gasteiger partial charge in [-0.1, -0.05) is 43.9 Å². The van der Waals surface area contributed by atoms with Crippen molar-refractivity contribution in [3.05, 3.63) is 30.3 Å². The molecular formula is C14H21NO2S. The summed E-state index contributed by atoms with van der Waals surface area (Å²) in [5.74, 6) is 0. The Bertz CT molecular complexity index is 474. The molecule has 0 heterocycles. The molecule has 0 atom stereocenters. The van der Waals surface area contributed by atoms with E-state index in [4.69, 9.17) is 5.73 Å². The second kappa shape index (κ2) is 5.41. The van der Waals surface area contributed by atoms with Crippen molar-refractivity contribution in [1.29, 1.82) is 0 Å². The van der Waals surface area contributed by atoms with Crippen LogP contribution in [-0.4, -0.2) is 19.7 Å². The second-order valence-corrected chi connectivity index (χ2v) is 7.46. The Hall–Kier alpha value is -0.870. The first kappa shape index (κ1) is 13.6. The SMILES string of the molecule is NCC1(S(=O)(=O)c2ccccc2)CCCCCC1. The van der Waals surface area contributed by atoms with Crippen molar-refractivity contribution in [2.45, 2.75) is 48.2 Å². The lowest BCUT2D eigenvalue weighted by molar-refractivity contribution is 0.464. The molecule has 0 aromatic heterocycles. The first-order valence-corrected chi connectivity index (χ1v) is 8.10. The van der Waals surface area contributed by atoms with Crippen LogP contribution in [0.15, 0.2) is 35.2 Å². The van der Waals surface area contributed by atoms with Crippen molar-refractivity contribution >= 4 is 9.84 Å². The van der Waals surface area contributed by atoms with Gasteiger partial charge >= 0.3 is 0 Å². The molecule has 0 bridgehead atoms. The first-order valence-electron chi connectivity index (χ1n) is 6.62. The smallest absolute Gasteiger partial charge is 0.185 e. The van der Waals surface area contributed by atoms with Gasteiger partial charge in [0.15, 0.2) is 9.84 Å². The summed E-state index contributed by atoms with van der Waals surface area (Å²) in [6.07, 6.45) is 5.55. The van der Waals surface area contributed by atoms with Crippen LogP contribution in [0.5, 0.6) is 0 Å². The van der Waals surface area contributed by atoms with Gasteiger partial charge in [-0.25, -0.2) is 8.42 Å². The Labute approximate surface area is 109 Å². The Balaban J connectivity index is 2.42. The highest BCUT2D eigenvalue weighted by Gasteiger charge is 2.43. The largest absolute Gasteiger partial charge is 0.329 e. The fourth-order valence-corrected chi connectivity index (χ4v) is 4.87. The highest BCUT2D eigenvalue weighted by molar-refractivity contribution is 7.92. The monoisotopic (exact) mass is 267 g/mol. The van der Waals surface area contributed by atoms with E-state index in [1.807, 2.05) is 6.07 Å². The van der Waals surface area contributed by atoms with Gasteiger partial charge in [0, 0.05) is 6.54 Å². The molecule has 1 fully saturated rings. The summed E-state index contributed by atoms with van der Waals surface area (Å²) in [5.41, 5.74) is 5.85. The predicted octanol–water partition coefficient (Wildman–Crippen LogP) is 2.51. The van der Waals surface area contributed by atoms with Crippen molar-refractivity contribution in [3.8, 4) is 0 Å². The minimum atomic E-state index is -3.32. The van der Waals surface area contributed by atoms with Gasteiger partial charge in [0.2, 0.25) is 0 Å². The molecule has 1 aliphatic carbocycles. The van der Waals surface area contributed by atoms with Crippen LogP contribution in [0.25, 0.3) is 0 Å². The van der Waals surface area contributed by atoms with Crippen LogP contribution in [0.4, 0.5) is 0 Å². The van der Waals surface area contributed by atoms with Crippen LogP contribution in [0.1, 0.15) is 38.5 Å². The number of benzene rings is 1. The fraction of sp³-hybridized carbons (Fsp3) is 0.571. The molecule has 18 heavy (non-hydrogen) atoms. The molecule has 2 N–H and O–H groups in total. The lowest BCUT2D eigenvalue weighted by atomic mass is 9.99. The van der Waals surface area contributed by atoms with Crippen molar-refractivity contribution in [2.24, 2.45) is 5.73 Å². The molecule has 1 aromatic rings. The zero-order valence-corrected chi connectivity index (χ0v) is 11.5. The van der Waals surface area contributed by atoms with Gasteiger partial charge in [-0.3, -0.25) is 0 Å². The van der Waals surface area contributed by atoms with Crippen LogP contribution >= 0.6 is 0 Å². The number of nitrogens with two attached hydrogens (primary N) is 1. The zero-order chi connectivity index (χ0) is 13.1. The number of hydrogen-bond acceptors (Lipinski definition) is 3. The average molecular weight is 267 g/mol. The molecule has 0 spiro atoms. The maximum atomic E-state index is 12.8. The van der Waals surface area contributed by atoms with Crippen LogP contribution in [0.2, 0.25) is 0 Å². The molecule has 0 aliphatic heterocycles. The van der Waals surface area contributed by atoms with E-state index in [-0.39, 0.29) is 6.54 Å². The molecule has 0 unspecified atom stereocenters. The summed E-state index contributed by atoms with van der Waals surface area (Å²) in [4.78, 5) is 0.414. The topological polar surface area (TPSA) is 60.2 Å².